The Balaban J connectivity index is 1.37. The maximum Gasteiger partial charge on any atom is 0.416 e. The quantitative estimate of drug-likeness (QED) is 0.546. The highest BCUT2D eigenvalue weighted by Crippen LogP contribution is 2.32. The van der Waals surface area contributed by atoms with Gasteiger partial charge >= 0.3 is 6.18 Å². The average molecular weight is 447 g/mol. The largest absolute Gasteiger partial charge is 0.492 e. The second-order valence-electron chi connectivity index (χ2n) is 8.64. The van der Waals surface area contributed by atoms with Crippen LogP contribution in [0.25, 0.3) is 0 Å². The van der Waals surface area contributed by atoms with Crippen molar-refractivity contribution in [2.24, 2.45) is 0 Å². The van der Waals surface area contributed by atoms with Gasteiger partial charge in [-0.1, -0.05) is 18.6 Å². The van der Waals surface area contributed by atoms with Crippen LogP contribution >= 0.6 is 0 Å². The minimum atomic E-state index is -4.41. The highest BCUT2D eigenvalue weighted by Gasteiger charge is 2.34. The Morgan fingerprint density at radius 2 is 1.75 bits per heavy atom. The van der Waals surface area contributed by atoms with Crippen molar-refractivity contribution < 1.29 is 22.7 Å². The number of nitrogens with zero attached hydrogens (tertiary/aromatic N) is 2. The molecule has 7 heteroatoms. The molecule has 1 aliphatic heterocycles. The van der Waals surface area contributed by atoms with Crippen LogP contribution in [0, 0.1) is 0 Å². The van der Waals surface area contributed by atoms with Crippen LogP contribution in [0.5, 0.6) is 5.75 Å². The third-order valence-electron chi connectivity index (χ3n) is 6.08. The van der Waals surface area contributed by atoms with Crippen LogP contribution in [0.15, 0.2) is 48.5 Å². The first-order valence-corrected chi connectivity index (χ1v) is 11.3. The van der Waals surface area contributed by atoms with Crippen molar-refractivity contribution in [2.45, 2.75) is 50.9 Å². The fourth-order valence-corrected chi connectivity index (χ4v) is 4.13. The molecule has 4 nitrogen and oxygen atoms in total. The number of carbonyl (C=O) groups excluding carboxylic acids is 1. The smallest absolute Gasteiger partial charge is 0.416 e. The maximum atomic E-state index is 13.0. The summed E-state index contributed by atoms with van der Waals surface area (Å²) < 4.78 is 44.4. The van der Waals surface area contributed by atoms with Crippen LogP contribution in [0.2, 0.25) is 0 Å². The number of piperidine rings is 1. The second-order valence-corrected chi connectivity index (χ2v) is 8.64. The van der Waals surface area contributed by atoms with Gasteiger partial charge in [0.2, 0.25) is 0 Å². The lowest BCUT2D eigenvalue weighted by atomic mass is 10.1. The first-order chi connectivity index (χ1) is 15.4. The van der Waals surface area contributed by atoms with Crippen LogP contribution < -0.4 is 4.74 Å². The molecular formula is C25H29F3N2O2. The molecule has 0 atom stereocenters. The zero-order chi connectivity index (χ0) is 22.6. The fourth-order valence-electron chi connectivity index (χ4n) is 4.13. The molecule has 2 fully saturated rings. The normalized spacial score (nSPS) is 17.2. The van der Waals surface area contributed by atoms with E-state index < -0.39 is 11.7 Å². The number of benzene rings is 2. The van der Waals surface area contributed by atoms with Crippen molar-refractivity contribution >= 4 is 5.91 Å². The molecule has 1 saturated carbocycles. The Hall–Kier alpha value is -2.54. The van der Waals surface area contributed by atoms with Crippen LogP contribution in [-0.2, 0) is 12.7 Å². The summed E-state index contributed by atoms with van der Waals surface area (Å²) in [6.07, 6.45) is 1.23. The molecule has 1 heterocycles. The summed E-state index contributed by atoms with van der Waals surface area (Å²) in [6.45, 7) is 4.20. The minimum absolute atomic E-state index is 0.133. The number of hydrogen-bond donors (Lipinski definition) is 0. The van der Waals surface area contributed by atoms with E-state index in [9.17, 15) is 18.0 Å². The summed E-state index contributed by atoms with van der Waals surface area (Å²) in [6, 6.07) is 12.3. The number of likely N-dealkylation sites (tertiary alicyclic amines) is 1. The zero-order valence-corrected chi connectivity index (χ0v) is 18.1. The van der Waals surface area contributed by atoms with Gasteiger partial charge in [-0.25, -0.2) is 0 Å². The molecule has 1 saturated heterocycles. The van der Waals surface area contributed by atoms with E-state index in [0.717, 1.165) is 55.9 Å². The number of ether oxygens (including phenoxy) is 1. The SMILES string of the molecule is O=C(c1ccc(C(F)(F)F)cc1)N(Cc1cccc(OCCN2CCCCC2)c1)C1CC1. The number of amides is 1. The van der Waals surface area contributed by atoms with Crippen molar-refractivity contribution in [2.75, 3.05) is 26.2 Å². The molecule has 4 rings (SSSR count). The van der Waals surface area contributed by atoms with E-state index in [1.807, 2.05) is 24.3 Å². The summed E-state index contributed by atoms with van der Waals surface area (Å²) >= 11 is 0. The van der Waals surface area contributed by atoms with Gasteiger partial charge in [0.1, 0.15) is 12.4 Å². The van der Waals surface area contributed by atoms with Gasteiger partial charge in [0.15, 0.2) is 0 Å². The topological polar surface area (TPSA) is 32.8 Å². The first-order valence-electron chi connectivity index (χ1n) is 11.3. The molecule has 2 aromatic rings. The Morgan fingerprint density at radius 3 is 2.41 bits per heavy atom. The van der Waals surface area contributed by atoms with E-state index in [4.69, 9.17) is 4.74 Å². The lowest BCUT2D eigenvalue weighted by Crippen LogP contribution is -2.33. The van der Waals surface area contributed by atoms with Crippen molar-refractivity contribution in [3.63, 3.8) is 0 Å². The lowest BCUT2D eigenvalue weighted by Gasteiger charge is -2.26. The highest BCUT2D eigenvalue weighted by molar-refractivity contribution is 5.94. The van der Waals surface area contributed by atoms with Gasteiger partial charge in [-0.3, -0.25) is 9.69 Å². The zero-order valence-electron chi connectivity index (χ0n) is 18.1. The molecule has 1 aliphatic carbocycles. The predicted molar refractivity (Wildman–Crippen MR) is 117 cm³/mol. The molecule has 0 N–H and O–H groups in total. The highest BCUT2D eigenvalue weighted by atomic mass is 19.4. The van der Waals surface area contributed by atoms with E-state index in [2.05, 4.69) is 4.90 Å². The molecule has 0 radical (unpaired) electrons. The number of carbonyl (C=O) groups is 1. The maximum absolute atomic E-state index is 13.0. The van der Waals surface area contributed by atoms with E-state index in [-0.39, 0.29) is 17.5 Å². The van der Waals surface area contributed by atoms with Gasteiger partial charge in [-0.15, -0.1) is 0 Å². The molecule has 2 aromatic carbocycles. The number of halogens is 3. The number of hydrogen-bond acceptors (Lipinski definition) is 3. The molecule has 0 aromatic heterocycles. The van der Waals surface area contributed by atoms with Crippen LogP contribution in [-0.4, -0.2) is 48.0 Å². The monoisotopic (exact) mass is 446 g/mol. The lowest BCUT2D eigenvalue weighted by molar-refractivity contribution is -0.137. The average Bonchev–Trinajstić information content (AvgIpc) is 3.63. The Bertz CT molecular complexity index is 904. The Kier molecular flexibility index (Phi) is 7.04. The minimum Gasteiger partial charge on any atom is -0.492 e. The van der Waals surface area contributed by atoms with Crippen molar-refractivity contribution in [3.8, 4) is 5.75 Å². The summed E-state index contributed by atoms with van der Waals surface area (Å²) in [7, 11) is 0. The summed E-state index contributed by atoms with van der Waals surface area (Å²) in [5.74, 6) is 0.537. The third kappa shape index (κ3) is 6.03. The first kappa shape index (κ1) is 22.6. The van der Waals surface area contributed by atoms with Gasteiger partial charge in [0.05, 0.1) is 5.56 Å². The van der Waals surface area contributed by atoms with Crippen molar-refractivity contribution in [1.82, 2.24) is 9.80 Å². The van der Waals surface area contributed by atoms with Gasteiger partial charge < -0.3 is 9.64 Å². The summed E-state index contributed by atoms with van der Waals surface area (Å²) in [4.78, 5) is 17.2. The van der Waals surface area contributed by atoms with Gasteiger partial charge in [0.25, 0.3) is 5.91 Å². The third-order valence-corrected chi connectivity index (χ3v) is 6.08. The van der Waals surface area contributed by atoms with Gasteiger partial charge in [-0.2, -0.15) is 13.2 Å². The van der Waals surface area contributed by atoms with E-state index in [1.54, 1.807) is 4.90 Å². The van der Waals surface area contributed by atoms with Gasteiger partial charge in [0, 0.05) is 24.7 Å². The number of alkyl halides is 3. The molecule has 32 heavy (non-hydrogen) atoms. The van der Waals surface area contributed by atoms with E-state index in [1.165, 1.54) is 31.4 Å². The van der Waals surface area contributed by atoms with Crippen molar-refractivity contribution in [3.05, 3.63) is 65.2 Å². The number of rotatable bonds is 8. The second kappa shape index (κ2) is 9.94. The van der Waals surface area contributed by atoms with E-state index >= 15 is 0 Å². The standard InChI is InChI=1S/C25H29F3N2O2/c26-25(27,28)21-9-7-20(8-10-21)24(31)30(22-11-12-22)18-19-5-4-6-23(17-19)32-16-15-29-13-2-1-3-14-29/h4-10,17,22H,1-3,11-16,18H2. The van der Waals surface area contributed by atoms with Gasteiger partial charge in [-0.05, 0) is 80.7 Å². The molecular weight excluding hydrogens is 417 g/mol. The Labute approximate surface area is 187 Å². The molecule has 0 unspecified atom stereocenters. The molecule has 0 spiro atoms. The van der Waals surface area contributed by atoms with Crippen LogP contribution in [0.3, 0.4) is 0 Å². The van der Waals surface area contributed by atoms with Crippen molar-refractivity contribution in [1.29, 1.82) is 0 Å². The molecule has 2 aliphatic rings. The summed E-state index contributed by atoms with van der Waals surface area (Å²) in [5, 5.41) is 0. The fraction of sp³-hybridized carbons (Fsp3) is 0.480. The molecule has 172 valence electrons. The summed E-state index contributed by atoms with van der Waals surface area (Å²) in [5.41, 5.74) is 0.480. The van der Waals surface area contributed by atoms with Crippen LogP contribution in [0.4, 0.5) is 13.2 Å². The Morgan fingerprint density at radius 1 is 1.03 bits per heavy atom. The van der Waals surface area contributed by atoms with Crippen LogP contribution in [0.1, 0.15) is 53.6 Å². The van der Waals surface area contributed by atoms with E-state index in [0.29, 0.717) is 13.2 Å². The molecule has 1 amide bonds. The molecule has 0 bridgehead atoms. The predicted octanol–water partition coefficient (Wildman–Crippen LogP) is 5.37.